The normalized spacial score (nSPS) is 19.6. The molecule has 1 aliphatic rings. The van der Waals surface area contributed by atoms with Gasteiger partial charge >= 0.3 is 0 Å². The summed E-state index contributed by atoms with van der Waals surface area (Å²) in [6, 6.07) is 0. The lowest BCUT2D eigenvalue weighted by Crippen LogP contribution is -2.36. The standard InChI is InChI=1S/C10H19N3O2/c1-9(14)7-10(15)13-4-2-3-12(8-11)5-6-13/h8-9,11,14H,2-7H2,1H3. The number of amides is 1. The molecule has 5 heteroatoms. The van der Waals surface area contributed by atoms with E-state index in [0.717, 1.165) is 26.1 Å². The van der Waals surface area contributed by atoms with E-state index in [1.165, 1.54) is 6.34 Å². The van der Waals surface area contributed by atoms with Crippen molar-refractivity contribution in [1.82, 2.24) is 9.80 Å². The Labute approximate surface area is 90.2 Å². The predicted molar refractivity (Wildman–Crippen MR) is 57.9 cm³/mol. The molecule has 1 amide bonds. The highest BCUT2D eigenvalue weighted by molar-refractivity contribution is 5.76. The largest absolute Gasteiger partial charge is 0.393 e. The maximum atomic E-state index is 11.6. The molecule has 86 valence electrons. The van der Waals surface area contributed by atoms with Gasteiger partial charge in [-0.15, -0.1) is 0 Å². The molecule has 0 aromatic heterocycles. The van der Waals surface area contributed by atoms with Gasteiger partial charge in [-0.2, -0.15) is 0 Å². The Hall–Kier alpha value is -1.10. The maximum absolute atomic E-state index is 11.6. The third-order valence-electron chi connectivity index (χ3n) is 2.54. The van der Waals surface area contributed by atoms with E-state index in [1.807, 2.05) is 4.90 Å². The number of carbonyl (C=O) groups is 1. The van der Waals surface area contributed by atoms with Crippen molar-refractivity contribution in [1.29, 1.82) is 5.41 Å². The van der Waals surface area contributed by atoms with Crippen LogP contribution in [0.15, 0.2) is 0 Å². The third-order valence-corrected chi connectivity index (χ3v) is 2.54. The van der Waals surface area contributed by atoms with Crippen LogP contribution >= 0.6 is 0 Å². The van der Waals surface area contributed by atoms with Gasteiger partial charge in [-0.3, -0.25) is 10.2 Å². The molecule has 0 aliphatic carbocycles. The zero-order valence-corrected chi connectivity index (χ0v) is 9.15. The van der Waals surface area contributed by atoms with E-state index in [2.05, 4.69) is 0 Å². The fourth-order valence-electron chi connectivity index (χ4n) is 1.70. The first kappa shape index (κ1) is 12.0. The number of rotatable bonds is 3. The van der Waals surface area contributed by atoms with Gasteiger partial charge in [-0.05, 0) is 13.3 Å². The number of nitrogens with one attached hydrogen (secondary N) is 1. The van der Waals surface area contributed by atoms with Gasteiger partial charge in [0.2, 0.25) is 5.91 Å². The topological polar surface area (TPSA) is 67.6 Å². The Morgan fingerprint density at radius 3 is 2.80 bits per heavy atom. The van der Waals surface area contributed by atoms with E-state index in [-0.39, 0.29) is 12.3 Å². The number of hydrogen-bond acceptors (Lipinski definition) is 3. The van der Waals surface area contributed by atoms with E-state index in [1.54, 1.807) is 11.8 Å². The minimum atomic E-state index is -0.570. The second kappa shape index (κ2) is 5.70. The van der Waals surface area contributed by atoms with Crippen LogP contribution in [-0.4, -0.2) is 59.4 Å². The lowest BCUT2D eigenvalue weighted by molar-refractivity contribution is -0.132. The first-order valence-corrected chi connectivity index (χ1v) is 5.34. The molecule has 1 aliphatic heterocycles. The van der Waals surface area contributed by atoms with Crippen molar-refractivity contribution in [2.75, 3.05) is 26.2 Å². The summed E-state index contributed by atoms with van der Waals surface area (Å²) in [5.41, 5.74) is 0. The summed E-state index contributed by atoms with van der Waals surface area (Å²) < 4.78 is 0. The number of aliphatic hydroxyl groups excluding tert-OH is 1. The van der Waals surface area contributed by atoms with Crippen LogP contribution in [0.3, 0.4) is 0 Å². The summed E-state index contributed by atoms with van der Waals surface area (Å²) in [5.74, 6) is 0.0110. The van der Waals surface area contributed by atoms with Crippen LogP contribution in [0.25, 0.3) is 0 Å². The fourth-order valence-corrected chi connectivity index (χ4v) is 1.70. The summed E-state index contributed by atoms with van der Waals surface area (Å²) in [4.78, 5) is 15.3. The van der Waals surface area contributed by atoms with E-state index in [4.69, 9.17) is 10.5 Å². The summed E-state index contributed by atoms with van der Waals surface area (Å²) in [7, 11) is 0. The van der Waals surface area contributed by atoms with Gasteiger partial charge in [0, 0.05) is 26.2 Å². The molecular formula is C10H19N3O2. The lowest BCUT2D eigenvalue weighted by Gasteiger charge is -2.21. The van der Waals surface area contributed by atoms with Crippen molar-refractivity contribution < 1.29 is 9.90 Å². The summed E-state index contributed by atoms with van der Waals surface area (Å²) >= 11 is 0. The molecule has 1 unspecified atom stereocenters. The van der Waals surface area contributed by atoms with E-state index >= 15 is 0 Å². The van der Waals surface area contributed by atoms with Crippen molar-refractivity contribution in [3.8, 4) is 0 Å². The molecule has 1 heterocycles. The molecule has 0 saturated carbocycles. The SMILES string of the molecule is CC(O)CC(=O)N1CCCN(C=N)CC1. The number of carbonyl (C=O) groups excluding carboxylic acids is 1. The Bertz CT molecular complexity index is 231. The van der Waals surface area contributed by atoms with E-state index in [0.29, 0.717) is 6.54 Å². The van der Waals surface area contributed by atoms with Crippen LogP contribution in [0.5, 0.6) is 0 Å². The monoisotopic (exact) mass is 213 g/mol. The Kier molecular flexibility index (Phi) is 4.55. The smallest absolute Gasteiger partial charge is 0.225 e. The molecule has 1 saturated heterocycles. The minimum Gasteiger partial charge on any atom is -0.393 e. The second-order valence-electron chi connectivity index (χ2n) is 3.95. The first-order valence-electron chi connectivity index (χ1n) is 5.34. The van der Waals surface area contributed by atoms with Gasteiger partial charge in [0.1, 0.15) is 0 Å². The van der Waals surface area contributed by atoms with E-state index < -0.39 is 6.10 Å². The van der Waals surface area contributed by atoms with E-state index in [9.17, 15) is 4.79 Å². The summed E-state index contributed by atoms with van der Waals surface area (Å²) in [6.45, 7) is 4.56. The predicted octanol–water partition coefficient (Wildman–Crippen LogP) is -0.101. The minimum absolute atomic E-state index is 0.0110. The molecular weight excluding hydrogens is 194 g/mol. The summed E-state index contributed by atoms with van der Waals surface area (Å²) in [5, 5.41) is 16.3. The zero-order valence-electron chi connectivity index (χ0n) is 9.15. The number of aliphatic hydroxyl groups is 1. The van der Waals surface area contributed by atoms with Gasteiger partial charge in [-0.25, -0.2) is 0 Å². The van der Waals surface area contributed by atoms with Crippen LogP contribution < -0.4 is 0 Å². The van der Waals surface area contributed by atoms with Crippen molar-refractivity contribution in [2.24, 2.45) is 0 Å². The molecule has 1 rings (SSSR count). The second-order valence-corrected chi connectivity index (χ2v) is 3.95. The van der Waals surface area contributed by atoms with Crippen molar-refractivity contribution in [3.05, 3.63) is 0 Å². The molecule has 5 nitrogen and oxygen atoms in total. The van der Waals surface area contributed by atoms with Crippen LogP contribution in [0.1, 0.15) is 19.8 Å². The van der Waals surface area contributed by atoms with Gasteiger partial charge in [0.15, 0.2) is 0 Å². The number of nitrogens with zero attached hydrogens (tertiary/aromatic N) is 2. The van der Waals surface area contributed by atoms with Crippen LogP contribution in [0, 0.1) is 5.41 Å². The maximum Gasteiger partial charge on any atom is 0.225 e. The Morgan fingerprint density at radius 2 is 2.20 bits per heavy atom. The zero-order chi connectivity index (χ0) is 11.3. The molecule has 1 fully saturated rings. The Morgan fingerprint density at radius 1 is 1.47 bits per heavy atom. The highest BCUT2D eigenvalue weighted by Crippen LogP contribution is 2.04. The van der Waals surface area contributed by atoms with Gasteiger partial charge in [0.05, 0.1) is 18.9 Å². The van der Waals surface area contributed by atoms with Crippen LogP contribution in [0.2, 0.25) is 0 Å². The summed E-state index contributed by atoms with van der Waals surface area (Å²) in [6.07, 6.45) is 1.84. The average Bonchev–Trinajstić information content (AvgIpc) is 2.41. The highest BCUT2D eigenvalue weighted by atomic mass is 16.3. The fraction of sp³-hybridized carbons (Fsp3) is 0.800. The quantitative estimate of drug-likeness (QED) is 0.508. The molecule has 1 atom stereocenters. The average molecular weight is 213 g/mol. The van der Waals surface area contributed by atoms with Crippen LogP contribution in [0.4, 0.5) is 0 Å². The molecule has 0 aromatic rings. The molecule has 15 heavy (non-hydrogen) atoms. The molecule has 0 bridgehead atoms. The molecule has 0 aromatic carbocycles. The number of hydrogen-bond donors (Lipinski definition) is 2. The molecule has 2 N–H and O–H groups in total. The molecule has 0 radical (unpaired) electrons. The van der Waals surface area contributed by atoms with Crippen molar-refractivity contribution >= 4 is 12.2 Å². The first-order chi connectivity index (χ1) is 7.13. The highest BCUT2D eigenvalue weighted by Gasteiger charge is 2.18. The molecule has 0 spiro atoms. The Balaban J connectivity index is 2.42. The lowest BCUT2D eigenvalue weighted by atomic mass is 10.2. The van der Waals surface area contributed by atoms with Crippen molar-refractivity contribution in [3.63, 3.8) is 0 Å². The van der Waals surface area contributed by atoms with Gasteiger partial charge < -0.3 is 14.9 Å². The van der Waals surface area contributed by atoms with Gasteiger partial charge in [0.25, 0.3) is 0 Å². The van der Waals surface area contributed by atoms with Crippen molar-refractivity contribution in [2.45, 2.75) is 25.9 Å². The third kappa shape index (κ3) is 3.87. The van der Waals surface area contributed by atoms with Gasteiger partial charge in [-0.1, -0.05) is 0 Å². The van der Waals surface area contributed by atoms with Crippen LogP contribution in [-0.2, 0) is 4.79 Å².